The fourth-order valence-electron chi connectivity index (χ4n) is 3.47. The third-order valence-electron chi connectivity index (χ3n) is 4.86. The summed E-state index contributed by atoms with van der Waals surface area (Å²) in [5.74, 6) is -0.0872. The Morgan fingerprint density at radius 3 is 2.86 bits per heavy atom. The molecule has 0 bridgehead atoms. The lowest BCUT2D eigenvalue weighted by Crippen LogP contribution is -2.36. The summed E-state index contributed by atoms with van der Waals surface area (Å²) in [7, 11) is -3.28. The largest absolute Gasteiger partial charge is 0.336 e. The molecule has 1 N–H and O–H groups in total. The maximum Gasteiger partial charge on any atom is 0.323 e. The summed E-state index contributed by atoms with van der Waals surface area (Å²) in [6, 6.07) is 4.76. The quantitative estimate of drug-likeness (QED) is 0.810. The van der Waals surface area contributed by atoms with Crippen LogP contribution in [-0.4, -0.2) is 51.2 Å². The standard InChI is InChI=1S/C18H20N4O4S2/c1-28(25,26)14-4-5-15-12(9-14)3-2-7-21(15)16(23)10-13-11-27-18(20-13)22-8-6-19-17(22)24/h4-5,9,11H,2-3,6-8,10H2,1H3,(H,19,24). The SMILES string of the molecule is CS(=O)(=O)c1ccc2c(c1)CCCN2C(=O)Cc1csc(N2CCNC2=O)n1. The molecule has 1 aromatic heterocycles. The van der Waals surface area contributed by atoms with Gasteiger partial charge in [0.2, 0.25) is 5.91 Å². The van der Waals surface area contributed by atoms with Crippen LogP contribution in [0.5, 0.6) is 0 Å². The van der Waals surface area contributed by atoms with Crippen molar-refractivity contribution in [2.75, 3.05) is 35.7 Å². The van der Waals surface area contributed by atoms with E-state index in [9.17, 15) is 18.0 Å². The minimum absolute atomic E-state index is 0.0872. The van der Waals surface area contributed by atoms with Crippen LogP contribution in [0.3, 0.4) is 0 Å². The lowest BCUT2D eigenvalue weighted by Gasteiger charge is -2.29. The van der Waals surface area contributed by atoms with Gasteiger partial charge in [-0.05, 0) is 36.6 Å². The zero-order valence-corrected chi connectivity index (χ0v) is 17.0. The highest BCUT2D eigenvalue weighted by Crippen LogP contribution is 2.30. The predicted molar refractivity (Wildman–Crippen MR) is 107 cm³/mol. The molecule has 3 heterocycles. The smallest absolute Gasteiger partial charge is 0.323 e. The summed E-state index contributed by atoms with van der Waals surface area (Å²) in [6.45, 7) is 1.75. The first-order valence-electron chi connectivity index (χ1n) is 8.96. The first-order valence-corrected chi connectivity index (χ1v) is 11.7. The van der Waals surface area contributed by atoms with Crippen molar-refractivity contribution >= 4 is 43.9 Å². The first kappa shape index (κ1) is 18.9. The first-order chi connectivity index (χ1) is 13.3. The zero-order valence-electron chi connectivity index (χ0n) is 15.3. The van der Waals surface area contributed by atoms with Gasteiger partial charge in [-0.25, -0.2) is 18.2 Å². The monoisotopic (exact) mass is 420 g/mol. The number of hydrogen-bond donors (Lipinski definition) is 1. The van der Waals surface area contributed by atoms with Gasteiger partial charge >= 0.3 is 6.03 Å². The number of anilines is 2. The third kappa shape index (κ3) is 3.61. The van der Waals surface area contributed by atoms with Crippen molar-refractivity contribution in [1.82, 2.24) is 10.3 Å². The van der Waals surface area contributed by atoms with Crippen molar-refractivity contribution in [3.63, 3.8) is 0 Å². The number of benzene rings is 1. The van der Waals surface area contributed by atoms with Crippen molar-refractivity contribution in [2.24, 2.45) is 0 Å². The molecule has 10 heteroatoms. The number of fused-ring (bicyclic) bond motifs is 1. The molecule has 8 nitrogen and oxygen atoms in total. The van der Waals surface area contributed by atoms with Crippen molar-refractivity contribution in [3.8, 4) is 0 Å². The Kier molecular flexibility index (Phi) is 4.84. The second kappa shape index (κ2) is 7.17. The molecular weight excluding hydrogens is 400 g/mol. The molecule has 28 heavy (non-hydrogen) atoms. The Balaban J connectivity index is 1.52. The third-order valence-corrected chi connectivity index (χ3v) is 6.88. The molecule has 4 rings (SSSR count). The number of carbonyl (C=O) groups excluding carboxylic acids is 2. The average molecular weight is 421 g/mol. The van der Waals surface area contributed by atoms with Gasteiger partial charge < -0.3 is 10.2 Å². The Morgan fingerprint density at radius 1 is 1.32 bits per heavy atom. The highest BCUT2D eigenvalue weighted by Gasteiger charge is 2.27. The van der Waals surface area contributed by atoms with Crippen molar-refractivity contribution < 1.29 is 18.0 Å². The summed E-state index contributed by atoms with van der Waals surface area (Å²) in [6.07, 6.45) is 2.84. The molecule has 0 spiro atoms. The number of hydrogen-bond acceptors (Lipinski definition) is 6. The second-order valence-electron chi connectivity index (χ2n) is 6.89. The zero-order chi connectivity index (χ0) is 19.9. The van der Waals surface area contributed by atoms with Gasteiger partial charge in [0.15, 0.2) is 15.0 Å². The molecule has 148 valence electrons. The fraction of sp³-hybridized carbons (Fsp3) is 0.389. The Morgan fingerprint density at radius 2 is 2.14 bits per heavy atom. The molecule has 0 saturated carbocycles. The normalized spacial score (nSPS) is 16.8. The van der Waals surface area contributed by atoms with E-state index in [0.717, 1.165) is 24.1 Å². The molecule has 2 aliphatic heterocycles. The molecule has 0 radical (unpaired) electrons. The van der Waals surface area contributed by atoms with Gasteiger partial charge in [-0.1, -0.05) is 0 Å². The van der Waals surface area contributed by atoms with Crippen molar-refractivity contribution in [2.45, 2.75) is 24.2 Å². The van der Waals surface area contributed by atoms with Crippen LogP contribution in [0.4, 0.5) is 15.6 Å². The Hall–Kier alpha value is -2.46. The number of thiazole rings is 1. The number of nitrogens with zero attached hydrogens (tertiary/aromatic N) is 3. The van der Waals surface area contributed by atoms with Gasteiger partial charge in [0.05, 0.1) is 17.0 Å². The molecule has 2 aliphatic rings. The second-order valence-corrected chi connectivity index (χ2v) is 9.75. The summed E-state index contributed by atoms with van der Waals surface area (Å²) in [4.78, 5) is 32.6. The summed E-state index contributed by atoms with van der Waals surface area (Å²) in [5.41, 5.74) is 2.26. The van der Waals surface area contributed by atoms with Gasteiger partial charge in [0, 0.05) is 37.0 Å². The topological polar surface area (TPSA) is 99.7 Å². The highest BCUT2D eigenvalue weighted by atomic mass is 32.2. The number of urea groups is 1. The average Bonchev–Trinajstić information content (AvgIpc) is 3.28. The summed E-state index contributed by atoms with van der Waals surface area (Å²) in [5, 5.41) is 5.13. The maximum atomic E-state index is 12.9. The van der Waals surface area contributed by atoms with E-state index in [2.05, 4.69) is 10.3 Å². The molecule has 1 aromatic carbocycles. The number of amides is 3. The minimum Gasteiger partial charge on any atom is -0.336 e. The van der Waals surface area contributed by atoms with Crippen LogP contribution in [0.1, 0.15) is 17.7 Å². The number of carbonyl (C=O) groups is 2. The van der Waals surface area contributed by atoms with E-state index in [1.165, 1.54) is 17.6 Å². The van der Waals surface area contributed by atoms with E-state index < -0.39 is 9.84 Å². The van der Waals surface area contributed by atoms with Crippen LogP contribution in [0.2, 0.25) is 0 Å². The molecule has 1 saturated heterocycles. The van der Waals surface area contributed by atoms with E-state index >= 15 is 0 Å². The van der Waals surface area contributed by atoms with Gasteiger partial charge in [-0.3, -0.25) is 9.69 Å². The van der Waals surface area contributed by atoms with E-state index in [4.69, 9.17) is 0 Å². The predicted octanol–water partition coefficient (Wildman–Crippen LogP) is 1.60. The Labute approximate surface area is 167 Å². The molecular formula is C18H20N4O4S2. The summed E-state index contributed by atoms with van der Waals surface area (Å²) < 4.78 is 23.6. The molecule has 0 aliphatic carbocycles. The van der Waals surface area contributed by atoms with Crippen molar-refractivity contribution in [1.29, 1.82) is 0 Å². The lowest BCUT2D eigenvalue weighted by atomic mass is 10.0. The number of sulfone groups is 1. The van der Waals surface area contributed by atoms with E-state index in [1.807, 2.05) is 0 Å². The van der Waals surface area contributed by atoms with Gasteiger partial charge in [0.25, 0.3) is 0 Å². The highest BCUT2D eigenvalue weighted by molar-refractivity contribution is 7.90. The number of aromatic nitrogens is 1. The van der Waals surface area contributed by atoms with Gasteiger partial charge in [-0.15, -0.1) is 11.3 Å². The molecule has 1 fully saturated rings. The van der Waals surface area contributed by atoms with E-state index in [-0.39, 0.29) is 23.3 Å². The van der Waals surface area contributed by atoms with Crippen LogP contribution >= 0.6 is 11.3 Å². The van der Waals surface area contributed by atoms with Crippen LogP contribution in [0, 0.1) is 0 Å². The number of nitrogens with one attached hydrogen (secondary N) is 1. The lowest BCUT2D eigenvalue weighted by molar-refractivity contribution is -0.118. The fourth-order valence-corrected chi connectivity index (χ4v) is 4.99. The number of aryl methyl sites for hydroxylation is 1. The van der Waals surface area contributed by atoms with Crippen LogP contribution in [0.25, 0.3) is 0 Å². The van der Waals surface area contributed by atoms with Gasteiger partial charge in [-0.2, -0.15) is 0 Å². The maximum absolute atomic E-state index is 12.9. The number of rotatable bonds is 4. The Bertz CT molecular complexity index is 1050. The minimum atomic E-state index is -3.28. The van der Waals surface area contributed by atoms with Crippen LogP contribution < -0.4 is 15.1 Å². The van der Waals surface area contributed by atoms with E-state index in [0.29, 0.717) is 30.5 Å². The van der Waals surface area contributed by atoms with E-state index in [1.54, 1.807) is 33.4 Å². The molecule has 0 unspecified atom stereocenters. The van der Waals surface area contributed by atoms with Gasteiger partial charge in [0.1, 0.15) is 0 Å². The summed E-state index contributed by atoms with van der Waals surface area (Å²) >= 11 is 1.35. The van der Waals surface area contributed by atoms with Crippen LogP contribution in [-0.2, 0) is 27.5 Å². The molecule has 3 amide bonds. The van der Waals surface area contributed by atoms with Crippen molar-refractivity contribution in [3.05, 3.63) is 34.8 Å². The van der Waals surface area contributed by atoms with Crippen LogP contribution in [0.15, 0.2) is 28.5 Å². The molecule has 0 atom stereocenters. The molecule has 2 aromatic rings.